The summed E-state index contributed by atoms with van der Waals surface area (Å²) in [6.45, 7) is 2.55. The van der Waals surface area contributed by atoms with E-state index in [1.165, 1.54) is 17.2 Å². The summed E-state index contributed by atoms with van der Waals surface area (Å²) in [6, 6.07) is 3.33. The molecule has 3 heterocycles. The van der Waals surface area contributed by atoms with Crippen molar-refractivity contribution in [2.45, 2.75) is 44.4 Å². The van der Waals surface area contributed by atoms with Crippen molar-refractivity contribution >= 4 is 23.6 Å². The highest BCUT2D eigenvalue weighted by Gasteiger charge is 2.35. The van der Waals surface area contributed by atoms with Crippen LogP contribution in [0.5, 0.6) is 11.6 Å². The highest BCUT2D eigenvalue weighted by atomic mass is 19.1. The quantitative estimate of drug-likeness (QED) is 0.554. The fourth-order valence-corrected chi connectivity index (χ4v) is 4.63. The van der Waals surface area contributed by atoms with Crippen LogP contribution in [0.4, 0.5) is 20.8 Å². The zero-order chi connectivity index (χ0) is 25.4. The van der Waals surface area contributed by atoms with E-state index in [0.29, 0.717) is 43.7 Å². The Labute approximate surface area is 207 Å². The van der Waals surface area contributed by atoms with Crippen molar-refractivity contribution in [1.82, 2.24) is 14.9 Å². The maximum absolute atomic E-state index is 14.7. The number of aliphatic hydroxyl groups is 1. The van der Waals surface area contributed by atoms with Gasteiger partial charge in [-0.3, -0.25) is 9.69 Å². The number of cyclic esters (lactones) is 1. The number of benzene rings is 1. The molecule has 2 aliphatic heterocycles. The van der Waals surface area contributed by atoms with E-state index >= 15 is 0 Å². The maximum atomic E-state index is 14.7. The van der Waals surface area contributed by atoms with Gasteiger partial charge in [0, 0.05) is 18.7 Å². The first kappa shape index (κ1) is 24.2. The minimum absolute atomic E-state index is 0.109. The van der Waals surface area contributed by atoms with Crippen LogP contribution in [-0.2, 0) is 22.4 Å². The summed E-state index contributed by atoms with van der Waals surface area (Å²) >= 11 is 0. The van der Waals surface area contributed by atoms with E-state index in [4.69, 9.17) is 14.2 Å². The molecule has 1 aliphatic carbocycles. The van der Waals surface area contributed by atoms with Gasteiger partial charge in [-0.2, -0.15) is 0 Å². The van der Waals surface area contributed by atoms with E-state index in [1.807, 2.05) is 13.1 Å². The average molecular weight is 502 g/mol. The van der Waals surface area contributed by atoms with Crippen LogP contribution in [-0.4, -0.2) is 83.6 Å². The van der Waals surface area contributed by atoms with Gasteiger partial charge >= 0.3 is 6.09 Å². The molecule has 12 heteroatoms. The lowest BCUT2D eigenvalue weighted by Gasteiger charge is -2.25. The summed E-state index contributed by atoms with van der Waals surface area (Å²) in [4.78, 5) is 36.0. The summed E-state index contributed by atoms with van der Waals surface area (Å²) < 4.78 is 30.9. The van der Waals surface area contributed by atoms with Crippen LogP contribution in [0.3, 0.4) is 0 Å². The highest BCUT2D eigenvalue weighted by Crippen LogP contribution is 2.32. The van der Waals surface area contributed by atoms with Gasteiger partial charge in [0.15, 0.2) is 18.2 Å². The first-order valence-corrected chi connectivity index (χ1v) is 11.9. The molecule has 36 heavy (non-hydrogen) atoms. The van der Waals surface area contributed by atoms with Gasteiger partial charge in [0.25, 0.3) is 11.8 Å². The number of likely N-dealkylation sites (N-methyl/N-ethyl adjacent to an activating group) is 1. The van der Waals surface area contributed by atoms with Crippen LogP contribution in [0.1, 0.15) is 24.5 Å². The number of rotatable bonds is 8. The summed E-state index contributed by atoms with van der Waals surface area (Å²) in [5.74, 6) is 0.445. The lowest BCUT2D eigenvalue weighted by Crippen LogP contribution is -2.35. The van der Waals surface area contributed by atoms with Crippen molar-refractivity contribution in [2.75, 3.05) is 43.6 Å². The molecular weight excluding hydrogens is 473 g/mol. The second-order valence-electron chi connectivity index (χ2n) is 9.37. The van der Waals surface area contributed by atoms with Crippen molar-refractivity contribution in [3.63, 3.8) is 0 Å². The fraction of sp³-hybridized carbons (Fsp3) is 0.500. The van der Waals surface area contributed by atoms with Gasteiger partial charge in [0.05, 0.1) is 18.8 Å². The number of hydrogen-bond donors (Lipinski definition) is 2. The Morgan fingerprint density at radius 3 is 3.00 bits per heavy atom. The van der Waals surface area contributed by atoms with Crippen molar-refractivity contribution in [2.24, 2.45) is 0 Å². The lowest BCUT2D eigenvalue weighted by molar-refractivity contribution is -0.118. The van der Waals surface area contributed by atoms with E-state index < -0.39 is 12.2 Å². The zero-order valence-corrected chi connectivity index (χ0v) is 20.1. The van der Waals surface area contributed by atoms with Crippen molar-refractivity contribution < 1.29 is 33.3 Å². The molecule has 11 nitrogen and oxygen atoms in total. The Bertz CT molecular complexity index is 1180. The predicted molar refractivity (Wildman–Crippen MR) is 126 cm³/mol. The zero-order valence-electron chi connectivity index (χ0n) is 20.1. The standard InChI is InChI=1S/C24H28FN5O6/c1-13(31)11-34-17-6-14-5-15(7-18(14)19(25)8-17)29(2)4-3-16-10-30(24(33)36-16)20-9-26-23-22(27-20)28-21(32)12-35-23/h6,8-9,13,15-16,31H,3-5,7,10-12H2,1-2H3,(H,27,28,32). The Balaban J connectivity index is 1.16. The monoisotopic (exact) mass is 501 g/mol. The molecule has 0 radical (unpaired) electrons. The SMILES string of the molecule is CC(O)COc1cc(F)c2c(c1)CC(N(C)CCC1CN(c3cnc4c(n3)NC(=O)CO4)C(=O)O1)C2. The Morgan fingerprint density at radius 1 is 1.36 bits per heavy atom. The van der Waals surface area contributed by atoms with Gasteiger partial charge in [-0.05, 0) is 50.4 Å². The molecule has 2 N–H and O–H groups in total. The number of fused-ring (bicyclic) bond motifs is 2. The Hall–Kier alpha value is -3.51. The molecule has 1 aromatic heterocycles. The van der Waals surface area contributed by atoms with Crippen LogP contribution in [0.25, 0.3) is 0 Å². The molecule has 1 fully saturated rings. The molecule has 192 valence electrons. The van der Waals surface area contributed by atoms with Crippen molar-refractivity contribution in [1.29, 1.82) is 0 Å². The smallest absolute Gasteiger partial charge is 0.415 e. The number of amides is 2. The molecule has 0 spiro atoms. The van der Waals surface area contributed by atoms with Gasteiger partial charge in [-0.25, -0.2) is 19.2 Å². The Kier molecular flexibility index (Phi) is 6.63. The van der Waals surface area contributed by atoms with E-state index in [0.717, 1.165) is 5.56 Å². The fourth-order valence-electron chi connectivity index (χ4n) is 4.63. The number of hydrogen-bond acceptors (Lipinski definition) is 9. The van der Waals surface area contributed by atoms with E-state index in [2.05, 4.69) is 20.2 Å². The molecule has 2 aromatic rings. The molecular formula is C24H28FN5O6. The number of anilines is 2. The number of carbonyl (C=O) groups is 2. The molecule has 5 rings (SSSR count). The van der Waals surface area contributed by atoms with E-state index in [1.54, 1.807) is 6.92 Å². The van der Waals surface area contributed by atoms with Crippen LogP contribution >= 0.6 is 0 Å². The van der Waals surface area contributed by atoms with Crippen molar-refractivity contribution in [3.8, 4) is 11.6 Å². The van der Waals surface area contributed by atoms with E-state index in [9.17, 15) is 19.1 Å². The van der Waals surface area contributed by atoms with Gasteiger partial charge in [-0.1, -0.05) is 0 Å². The third kappa shape index (κ3) is 5.05. The molecule has 1 saturated heterocycles. The minimum atomic E-state index is -0.630. The van der Waals surface area contributed by atoms with Gasteiger partial charge < -0.3 is 29.5 Å². The molecule has 3 aliphatic rings. The van der Waals surface area contributed by atoms with Gasteiger partial charge in [-0.15, -0.1) is 0 Å². The first-order chi connectivity index (χ1) is 17.3. The summed E-state index contributed by atoms with van der Waals surface area (Å²) in [5, 5.41) is 12.0. The van der Waals surface area contributed by atoms with Gasteiger partial charge in [0.2, 0.25) is 0 Å². The largest absolute Gasteiger partial charge is 0.491 e. The van der Waals surface area contributed by atoms with Crippen molar-refractivity contribution in [3.05, 3.63) is 35.3 Å². The molecule has 0 bridgehead atoms. The third-order valence-electron chi connectivity index (χ3n) is 6.55. The summed E-state index contributed by atoms with van der Waals surface area (Å²) in [7, 11) is 1.98. The number of ether oxygens (including phenoxy) is 3. The van der Waals surface area contributed by atoms with Crippen LogP contribution < -0.4 is 19.7 Å². The van der Waals surface area contributed by atoms with Gasteiger partial charge in [0.1, 0.15) is 24.3 Å². The first-order valence-electron chi connectivity index (χ1n) is 11.9. The number of halogens is 1. The second-order valence-corrected chi connectivity index (χ2v) is 9.37. The average Bonchev–Trinajstić information content (AvgIpc) is 3.44. The number of carbonyl (C=O) groups excluding carboxylic acids is 2. The molecule has 3 unspecified atom stereocenters. The number of aliphatic hydroxyl groups excluding tert-OH is 1. The molecule has 3 atom stereocenters. The van der Waals surface area contributed by atoms with Crippen LogP contribution in [0, 0.1) is 5.82 Å². The summed E-state index contributed by atoms with van der Waals surface area (Å²) in [5.41, 5.74) is 1.60. The summed E-state index contributed by atoms with van der Waals surface area (Å²) in [6.07, 6.45) is 1.78. The number of aromatic nitrogens is 2. The normalized spacial score (nSPS) is 21.5. The van der Waals surface area contributed by atoms with Crippen LogP contribution in [0.15, 0.2) is 18.3 Å². The topological polar surface area (TPSA) is 126 Å². The van der Waals surface area contributed by atoms with Crippen LogP contribution in [0.2, 0.25) is 0 Å². The highest BCUT2D eigenvalue weighted by molar-refractivity contribution is 5.94. The number of nitrogens with zero attached hydrogens (tertiary/aromatic N) is 4. The maximum Gasteiger partial charge on any atom is 0.415 e. The third-order valence-corrected chi connectivity index (χ3v) is 6.55. The molecule has 0 saturated carbocycles. The lowest BCUT2D eigenvalue weighted by atomic mass is 10.1. The predicted octanol–water partition coefficient (Wildman–Crippen LogP) is 1.52. The Morgan fingerprint density at radius 2 is 2.19 bits per heavy atom. The minimum Gasteiger partial charge on any atom is -0.491 e. The second kappa shape index (κ2) is 9.86. The molecule has 2 amide bonds. The van der Waals surface area contributed by atoms with E-state index in [-0.39, 0.29) is 54.6 Å². The molecule has 1 aromatic carbocycles. The number of nitrogens with one attached hydrogen (secondary N) is 1.